The number of aromatic nitrogens is 2. The number of anilines is 2. The van der Waals surface area contributed by atoms with Crippen molar-refractivity contribution in [1.82, 2.24) is 9.97 Å². The van der Waals surface area contributed by atoms with Crippen molar-refractivity contribution < 1.29 is 17.9 Å². The van der Waals surface area contributed by atoms with Crippen molar-refractivity contribution in [3.63, 3.8) is 0 Å². The number of benzene rings is 3. The van der Waals surface area contributed by atoms with Gasteiger partial charge in [-0.3, -0.25) is 4.79 Å². The maximum atomic E-state index is 12.6. The molecule has 0 radical (unpaired) electrons. The normalized spacial score (nSPS) is 11.3. The number of fused-ring (bicyclic) bond motifs is 1. The quantitative estimate of drug-likeness (QED) is 0.220. The lowest BCUT2D eigenvalue weighted by molar-refractivity contribution is 0.102. The van der Waals surface area contributed by atoms with E-state index in [2.05, 4.69) is 15.3 Å². The summed E-state index contributed by atoms with van der Waals surface area (Å²) in [6, 6.07) is 20.5. The van der Waals surface area contributed by atoms with Crippen molar-refractivity contribution in [2.24, 2.45) is 5.14 Å². The molecule has 0 unspecified atom stereocenters. The topological polar surface area (TPSA) is 124 Å². The summed E-state index contributed by atoms with van der Waals surface area (Å²) in [7, 11) is -2.20. The molecule has 4 rings (SSSR count). The number of hydrogen-bond acceptors (Lipinski definition) is 8. The number of methoxy groups -OCH3 is 1. The van der Waals surface area contributed by atoms with Gasteiger partial charge in [0.1, 0.15) is 11.6 Å². The fraction of sp³-hybridized carbons (Fsp3) is 0.0870. The highest BCUT2D eigenvalue weighted by Gasteiger charge is 2.13. The Morgan fingerprint density at radius 1 is 1.00 bits per heavy atom. The van der Waals surface area contributed by atoms with Crippen LogP contribution in [-0.4, -0.2) is 37.0 Å². The molecule has 0 amide bonds. The minimum Gasteiger partial charge on any atom is -0.497 e. The Morgan fingerprint density at radius 3 is 2.36 bits per heavy atom. The molecule has 10 heteroatoms. The third kappa shape index (κ3) is 5.48. The molecular weight excluding hydrogens is 460 g/mol. The van der Waals surface area contributed by atoms with Crippen LogP contribution < -0.4 is 15.2 Å². The first-order valence-corrected chi connectivity index (χ1v) is 12.3. The summed E-state index contributed by atoms with van der Waals surface area (Å²) in [5, 5.41) is 9.60. The molecule has 33 heavy (non-hydrogen) atoms. The van der Waals surface area contributed by atoms with Crippen LogP contribution in [0.3, 0.4) is 0 Å². The smallest absolute Gasteiger partial charge is 0.238 e. The van der Waals surface area contributed by atoms with Crippen LogP contribution in [0.1, 0.15) is 10.4 Å². The molecule has 8 nitrogen and oxygen atoms in total. The monoisotopic (exact) mass is 480 g/mol. The van der Waals surface area contributed by atoms with Gasteiger partial charge in [0.2, 0.25) is 10.0 Å². The highest BCUT2D eigenvalue weighted by Crippen LogP contribution is 2.28. The van der Waals surface area contributed by atoms with E-state index in [1.54, 1.807) is 43.5 Å². The molecule has 0 fully saturated rings. The molecule has 168 valence electrons. The van der Waals surface area contributed by atoms with Gasteiger partial charge in [0.15, 0.2) is 10.9 Å². The van der Waals surface area contributed by atoms with Crippen LogP contribution in [0.15, 0.2) is 82.8 Å². The molecule has 0 aliphatic carbocycles. The number of sulfonamides is 1. The van der Waals surface area contributed by atoms with Crippen LogP contribution in [0.4, 0.5) is 11.5 Å². The first-order chi connectivity index (χ1) is 15.8. The largest absolute Gasteiger partial charge is 0.497 e. The first kappa shape index (κ1) is 22.7. The van der Waals surface area contributed by atoms with Gasteiger partial charge in [-0.05, 0) is 60.7 Å². The zero-order valence-corrected chi connectivity index (χ0v) is 19.2. The van der Waals surface area contributed by atoms with Gasteiger partial charge >= 0.3 is 0 Å². The molecule has 4 aromatic rings. The van der Waals surface area contributed by atoms with Crippen molar-refractivity contribution in [2.45, 2.75) is 10.1 Å². The van der Waals surface area contributed by atoms with Gasteiger partial charge in [-0.15, -0.1) is 0 Å². The average Bonchev–Trinajstić information content (AvgIpc) is 2.82. The number of nitrogens with one attached hydrogen (secondary N) is 1. The Kier molecular flexibility index (Phi) is 6.59. The molecule has 0 aliphatic rings. The lowest BCUT2D eigenvalue weighted by Crippen LogP contribution is -2.11. The summed E-state index contributed by atoms with van der Waals surface area (Å²) in [5.74, 6) is 1.36. The second-order valence-electron chi connectivity index (χ2n) is 7.01. The maximum absolute atomic E-state index is 12.6. The molecule has 0 saturated heterocycles. The lowest BCUT2D eigenvalue weighted by Gasteiger charge is -2.11. The minimum atomic E-state index is -3.77. The molecule has 3 N–H and O–H groups in total. The Morgan fingerprint density at radius 2 is 1.70 bits per heavy atom. The van der Waals surface area contributed by atoms with E-state index in [4.69, 9.17) is 9.88 Å². The van der Waals surface area contributed by atoms with Crippen molar-refractivity contribution in [2.75, 3.05) is 18.2 Å². The van der Waals surface area contributed by atoms with Gasteiger partial charge in [0, 0.05) is 16.6 Å². The highest BCUT2D eigenvalue weighted by molar-refractivity contribution is 7.99. The van der Waals surface area contributed by atoms with Gasteiger partial charge in [0.25, 0.3) is 0 Å². The third-order valence-corrected chi connectivity index (χ3v) is 6.55. The van der Waals surface area contributed by atoms with Crippen LogP contribution >= 0.6 is 11.8 Å². The molecule has 3 aromatic carbocycles. The van der Waals surface area contributed by atoms with Crippen LogP contribution in [0, 0.1) is 0 Å². The van der Waals surface area contributed by atoms with E-state index in [1.807, 2.05) is 24.3 Å². The van der Waals surface area contributed by atoms with Gasteiger partial charge in [-0.2, -0.15) is 0 Å². The molecular formula is C23H20N4O4S2. The van der Waals surface area contributed by atoms with Crippen LogP contribution in [0.5, 0.6) is 5.75 Å². The van der Waals surface area contributed by atoms with E-state index in [0.29, 0.717) is 28.0 Å². The van der Waals surface area contributed by atoms with Crippen molar-refractivity contribution in [3.05, 3.63) is 78.4 Å². The van der Waals surface area contributed by atoms with E-state index >= 15 is 0 Å². The summed E-state index contributed by atoms with van der Waals surface area (Å²) in [5.41, 5.74) is 1.93. The SMILES string of the molecule is COc1ccc(C(=O)CSc2nc(Nc3ccc(S(N)(=O)=O)cc3)c3ccccc3n2)cc1. The summed E-state index contributed by atoms with van der Waals surface area (Å²) in [6.45, 7) is 0. The van der Waals surface area contributed by atoms with Crippen LogP contribution in [0.25, 0.3) is 10.9 Å². The van der Waals surface area contributed by atoms with E-state index in [-0.39, 0.29) is 16.4 Å². The van der Waals surface area contributed by atoms with Gasteiger partial charge in [-0.25, -0.2) is 23.5 Å². The predicted octanol–water partition coefficient (Wildman–Crippen LogP) is 4.00. The lowest BCUT2D eigenvalue weighted by atomic mass is 10.1. The Bertz CT molecular complexity index is 1410. The number of nitrogens with zero attached hydrogens (tertiary/aromatic N) is 2. The Balaban J connectivity index is 1.56. The van der Waals surface area contributed by atoms with Crippen molar-refractivity contribution >= 4 is 50.0 Å². The average molecular weight is 481 g/mol. The van der Waals surface area contributed by atoms with E-state index in [0.717, 1.165) is 10.9 Å². The Hall–Kier alpha value is -3.47. The van der Waals surface area contributed by atoms with E-state index in [1.165, 1.54) is 23.9 Å². The van der Waals surface area contributed by atoms with Gasteiger partial charge in [-0.1, -0.05) is 23.9 Å². The van der Waals surface area contributed by atoms with Gasteiger partial charge in [0.05, 0.1) is 23.3 Å². The fourth-order valence-electron chi connectivity index (χ4n) is 3.07. The number of carbonyl (C=O) groups is 1. The number of carbonyl (C=O) groups excluding carboxylic acids is 1. The van der Waals surface area contributed by atoms with E-state index < -0.39 is 10.0 Å². The summed E-state index contributed by atoms with van der Waals surface area (Å²) in [4.78, 5) is 21.7. The summed E-state index contributed by atoms with van der Waals surface area (Å²) >= 11 is 1.24. The number of nitrogens with two attached hydrogens (primary N) is 1. The number of ketones is 1. The number of rotatable bonds is 8. The van der Waals surface area contributed by atoms with Crippen molar-refractivity contribution in [3.8, 4) is 5.75 Å². The number of ether oxygens (including phenoxy) is 1. The molecule has 0 bridgehead atoms. The van der Waals surface area contributed by atoms with Crippen LogP contribution in [-0.2, 0) is 10.0 Å². The maximum Gasteiger partial charge on any atom is 0.238 e. The second kappa shape index (κ2) is 9.57. The number of primary sulfonamides is 1. The summed E-state index contributed by atoms with van der Waals surface area (Å²) < 4.78 is 28.1. The third-order valence-electron chi connectivity index (χ3n) is 4.77. The van der Waals surface area contributed by atoms with E-state index in [9.17, 15) is 13.2 Å². The van der Waals surface area contributed by atoms with Gasteiger partial charge < -0.3 is 10.1 Å². The predicted molar refractivity (Wildman–Crippen MR) is 129 cm³/mol. The minimum absolute atomic E-state index is 0.0221. The number of para-hydroxylation sites is 1. The standard InChI is InChI=1S/C23H20N4O4S2/c1-31-17-10-6-15(7-11-17)21(28)14-32-23-26-20-5-3-2-4-19(20)22(27-23)25-16-8-12-18(13-9-16)33(24,29)30/h2-13H,14H2,1H3,(H2,24,29,30)(H,25,26,27). The first-order valence-electron chi connectivity index (χ1n) is 9.80. The highest BCUT2D eigenvalue weighted by atomic mass is 32.2. The Labute approximate surface area is 195 Å². The summed E-state index contributed by atoms with van der Waals surface area (Å²) in [6.07, 6.45) is 0. The second-order valence-corrected chi connectivity index (χ2v) is 9.51. The molecule has 0 aliphatic heterocycles. The molecule has 0 atom stereocenters. The van der Waals surface area contributed by atoms with Crippen molar-refractivity contribution in [1.29, 1.82) is 0 Å². The fourth-order valence-corrected chi connectivity index (χ4v) is 4.33. The molecule has 0 saturated carbocycles. The molecule has 1 aromatic heterocycles. The number of Topliss-reactive ketones (excluding diaryl/α,β-unsaturated/α-hetero) is 1. The zero-order valence-electron chi connectivity index (χ0n) is 17.6. The molecule has 0 spiro atoms. The number of hydrogen-bond donors (Lipinski definition) is 2. The molecule has 1 heterocycles. The van der Waals surface area contributed by atoms with Crippen LogP contribution in [0.2, 0.25) is 0 Å². The zero-order chi connectivity index (χ0) is 23.4. The number of thioether (sulfide) groups is 1.